The van der Waals surface area contributed by atoms with Gasteiger partial charge in [0.15, 0.2) is 0 Å². The van der Waals surface area contributed by atoms with E-state index in [1.807, 2.05) is 6.92 Å². The molecule has 0 saturated carbocycles. The van der Waals surface area contributed by atoms with Gasteiger partial charge in [-0.05, 0) is 38.3 Å². The van der Waals surface area contributed by atoms with Crippen LogP contribution in [0.15, 0.2) is 0 Å². The van der Waals surface area contributed by atoms with Gasteiger partial charge in [0, 0.05) is 0 Å². The minimum atomic E-state index is -0.848. The summed E-state index contributed by atoms with van der Waals surface area (Å²) in [5.41, 5.74) is 0. The van der Waals surface area contributed by atoms with Crippen LogP contribution in [-0.4, -0.2) is 35.4 Å². The van der Waals surface area contributed by atoms with Crippen LogP contribution in [0.4, 0.5) is 0 Å². The average molecular weight is 302 g/mol. The number of piperidine rings is 1. The number of unbranched alkanes of at least 4 members (excludes halogenated alkanes) is 1. The standard InChI is InChI=1S/C12H23NO3.2ClH/c1-2-3-4-10(12(15)16)11(14)9-5-7-13-8-6-9;;/h9-11,13-14H,2-8H2,1H3,(H,15,16);2*1H. The summed E-state index contributed by atoms with van der Waals surface area (Å²) >= 11 is 0. The lowest BCUT2D eigenvalue weighted by Gasteiger charge is -2.30. The van der Waals surface area contributed by atoms with E-state index in [1.165, 1.54) is 0 Å². The Morgan fingerprint density at radius 3 is 2.33 bits per heavy atom. The number of aliphatic carboxylic acids is 1. The number of halogens is 2. The first-order valence-electron chi connectivity index (χ1n) is 6.28. The number of aliphatic hydroxyl groups is 1. The van der Waals surface area contributed by atoms with Crippen molar-refractivity contribution in [2.24, 2.45) is 11.8 Å². The Morgan fingerprint density at radius 1 is 1.33 bits per heavy atom. The maximum atomic E-state index is 11.1. The summed E-state index contributed by atoms with van der Waals surface area (Å²) in [7, 11) is 0. The lowest BCUT2D eigenvalue weighted by Crippen LogP contribution is -2.40. The van der Waals surface area contributed by atoms with Crippen LogP contribution in [0, 0.1) is 11.8 Å². The predicted molar refractivity (Wildman–Crippen MR) is 76.7 cm³/mol. The molecular formula is C12H25Cl2NO3. The van der Waals surface area contributed by atoms with E-state index in [2.05, 4.69) is 5.32 Å². The van der Waals surface area contributed by atoms with Crippen LogP contribution in [-0.2, 0) is 4.79 Å². The van der Waals surface area contributed by atoms with Gasteiger partial charge >= 0.3 is 5.97 Å². The van der Waals surface area contributed by atoms with Crippen LogP contribution in [0.5, 0.6) is 0 Å². The van der Waals surface area contributed by atoms with Crippen molar-refractivity contribution < 1.29 is 15.0 Å². The Hall–Kier alpha value is -0.0300. The molecule has 1 saturated heterocycles. The number of carbonyl (C=O) groups is 1. The molecule has 0 aliphatic carbocycles. The largest absolute Gasteiger partial charge is 0.481 e. The quantitative estimate of drug-likeness (QED) is 0.702. The number of hydrogen-bond acceptors (Lipinski definition) is 3. The molecule has 0 aromatic rings. The van der Waals surface area contributed by atoms with Gasteiger partial charge in [-0.15, -0.1) is 24.8 Å². The first kappa shape index (κ1) is 20.3. The van der Waals surface area contributed by atoms with Crippen LogP contribution in [0.3, 0.4) is 0 Å². The molecule has 2 atom stereocenters. The van der Waals surface area contributed by atoms with Gasteiger partial charge < -0.3 is 15.5 Å². The fourth-order valence-corrected chi connectivity index (χ4v) is 2.38. The topological polar surface area (TPSA) is 69.6 Å². The maximum absolute atomic E-state index is 11.1. The van der Waals surface area contributed by atoms with Gasteiger partial charge in [-0.1, -0.05) is 19.8 Å². The number of carboxylic acid groups (broad SMARTS) is 1. The summed E-state index contributed by atoms with van der Waals surface area (Å²) < 4.78 is 0. The second-order valence-electron chi connectivity index (χ2n) is 4.66. The molecule has 0 aromatic carbocycles. The normalized spacial score (nSPS) is 19.2. The van der Waals surface area contributed by atoms with Crippen molar-refractivity contribution >= 4 is 30.8 Å². The number of carboxylic acids is 1. The third kappa shape index (κ3) is 6.23. The third-order valence-corrected chi connectivity index (χ3v) is 3.46. The molecule has 1 rings (SSSR count). The van der Waals surface area contributed by atoms with Gasteiger partial charge in [0.1, 0.15) is 0 Å². The molecule has 6 heteroatoms. The van der Waals surface area contributed by atoms with Gasteiger partial charge in [-0.3, -0.25) is 4.79 Å². The lowest BCUT2D eigenvalue weighted by molar-refractivity contribution is -0.148. The minimum absolute atomic E-state index is 0. The summed E-state index contributed by atoms with van der Waals surface area (Å²) in [5, 5.41) is 22.5. The molecule has 1 aliphatic rings. The van der Waals surface area contributed by atoms with Crippen LogP contribution in [0.25, 0.3) is 0 Å². The Labute approximate surface area is 121 Å². The van der Waals surface area contributed by atoms with Crippen molar-refractivity contribution in [3.05, 3.63) is 0 Å². The van der Waals surface area contributed by atoms with Crippen molar-refractivity contribution in [2.45, 2.75) is 45.1 Å². The van der Waals surface area contributed by atoms with E-state index in [0.29, 0.717) is 6.42 Å². The van der Waals surface area contributed by atoms with E-state index < -0.39 is 18.0 Å². The fraction of sp³-hybridized carbons (Fsp3) is 0.917. The smallest absolute Gasteiger partial charge is 0.309 e. The molecule has 0 amide bonds. The number of nitrogens with one attached hydrogen (secondary N) is 1. The summed E-state index contributed by atoms with van der Waals surface area (Å²) in [4.78, 5) is 11.1. The molecular weight excluding hydrogens is 277 g/mol. The molecule has 0 spiro atoms. The molecule has 1 fully saturated rings. The molecule has 4 nitrogen and oxygen atoms in total. The second-order valence-corrected chi connectivity index (χ2v) is 4.66. The molecule has 0 bridgehead atoms. The maximum Gasteiger partial charge on any atom is 0.309 e. The zero-order valence-electron chi connectivity index (χ0n) is 10.8. The monoisotopic (exact) mass is 301 g/mol. The highest BCUT2D eigenvalue weighted by molar-refractivity contribution is 5.85. The number of aliphatic hydroxyl groups excluding tert-OH is 1. The summed E-state index contributed by atoms with van der Waals surface area (Å²) in [6.45, 7) is 3.82. The minimum Gasteiger partial charge on any atom is -0.481 e. The third-order valence-electron chi connectivity index (χ3n) is 3.46. The van der Waals surface area contributed by atoms with E-state index in [-0.39, 0.29) is 30.7 Å². The first-order valence-corrected chi connectivity index (χ1v) is 6.28. The molecule has 18 heavy (non-hydrogen) atoms. The molecule has 1 aliphatic heterocycles. The first-order chi connectivity index (χ1) is 7.66. The highest BCUT2D eigenvalue weighted by Crippen LogP contribution is 2.25. The molecule has 0 radical (unpaired) electrons. The Morgan fingerprint density at radius 2 is 1.89 bits per heavy atom. The number of hydrogen-bond donors (Lipinski definition) is 3. The average Bonchev–Trinajstić information content (AvgIpc) is 2.30. The van der Waals surface area contributed by atoms with Gasteiger partial charge in [-0.25, -0.2) is 0 Å². The zero-order valence-corrected chi connectivity index (χ0v) is 12.4. The fourth-order valence-electron chi connectivity index (χ4n) is 2.38. The van der Waals surface area contributed by atoms with Crippen molar-refractivity contribution in [3.8, 4) is 0 Å². The van der Waals surface area contributed by atoms with Crippen LogP contribution < -0.4 is 5.32 Å². The summed E-state index contributed by atoms with van der Waals surface area (Å²) in [6.07, 6.45) is 3.54. The Bertz CT molecular complexity index is 223. The second kappa shape index (κ2) is 10.9. The molecule has 110 valence electrons. The van der Waals surface area contributed by atoms with Crippen LogP contribution in [0.2, 0.25) is 0 Å². The van der Waals surface area contributed by atoms with Crippen molar-refractivity contribution in [3.63, 3.8) is 0 Å². The highest BCUT2D eigenvalue weighted by Gasteiger charge is 2.32. The number of rotatable bonds is 6. The van der Waals surface area contributed by atoms with Gasteiger partial charge in [0.05, 0.1) is 12.0 Å². The zero-order chi connectivity index (χ0) is 12.0. The molecule has 1 heterocycles. The Kier molecular flexibility index (Phi) is 12.2. The van der Waals surface area contributed by atoms with E-state index in [4.69, 9.17) is 5.11 Å². The van der Waals surface area contributed by atoms with Gasteiger partial charge in [0.25, 0.3) is 0 Å². The molecule has 0 aromatic heterocycles. The van der Waals surface area contributed by atoms with E-state index in [0.717, 1.165) is 38.8 Å². The van der Waals surface area contributed by atoms with E-state index >= 15 is 0 Å². The van der Waals surface area contributed by atoms with Gasteiger partial charge in [0.2, 0.25) is 0 Å². The highest BCUT2D eigenvalue weighted by atomic mass is 35.5. The molecule has 2 unspecified atom stereocenters. The van der Waals surface area contributed by atoms with Crippen LogP contribution >= 0.6 is 24.8 Å². The van der Waals surface area contributed by atoms with Crippen molar-refractivity contribution in [1.29, 1.82) is 0 Å². The molecule has 3 N–H and O–H groups in total. The predicted octanol–water partition coefficient (Wildman–Crippen LogP) is 2.08. The SMILES string of the molecule is CCCCC(C(=O)O)C(O)C1CCNCC1.Cl.Cl. The van der Waals surface area contributed by atoms with E-state index in [9.17, 15) is 9.90 Å². The summed E-state index contributed by atoms with van der Waals surface area (Å²) in [6, 6.07) is 0. The van der Waals surface area contributed by atoms with E-state index in [1.54, 1.807) is 0 Å². The van der Waals surface area contributed by atoms with Crippen molar-refractivity contribution in [2.75, 3.05) is 13.1 Å². The lowest BCUT2D eigenvalue weighted by atomic mass is 9.82. The van der Waals surface area contributed by atoms with Gasteiger partial charge in [-0.2, -0.15) is 0 Å². The van der Waals surface area contributed by atoms with Crippen LogP contribution in [0.1, 0.15) is 39.0 Å². The van der Waals surface area contributed by atoms with Crippen molar-refractivity contribution in [1.82, 2.24) is 5.32 Å². The Balaban J connectivity index is 0. The summed E-state index contributed by atoms with van der Waals surface area (Å²) in [5.74, 6) is -1.28.